The molecular formula is C74H126NO8P. The molecule has 0 heterocycles. The highest BCUT2D eigenvalue weighted by atomic mass is 31.2. The second kappa shape index (κ2) is 63.6. The third-order valence-electron chi connectivity index (χ3n) is 14.2. The van der Waals surface area contributed by atoms with Gasteiger partial charge in [0.05, 0.1) is 27.7 Å². The Morgan fingerprint density at radius 2 is 0.643 bits per heavy atom. The summed E-state index contributed by atoms with van der Waals surface area (Å²) in [5.74, 6) is -0.846. The average Bonchev–Trinajstić information content (AvgIpc) is 3.61. The molecule has 480 valence electrons. The van der Waals surface area contributed by atoms with Gasteiger partial charge in [-0.1, -0.05) is 282 Å². The summed E-state index contributed by atoms with van der Waals surface area (Å²) in [6.45, 7) is 4.01. The number of esters is 2. The van der Waals surface area contributed by atoms with E-state index < -0.39 is 32.5 Å². The molecule has 0 amide bonds. The van der Waals surface area contributed by atoms with Crippen molar-refractivity contribution in [3.05, 3.63) is 134 Å². The lowest BCUT2D eigenvalue weighted by Crippen LogP contribution is -2.37. The van der Waals surface area contributed by atoms with Crippen molar-refractivity contribution in [1.82, 2.24) is 0 Å². The minimum absolute atomic E-state index is 0.0378. The number of carbonyl (C=O) groups excluding carboxylic acids is 2. The number of hydrogen-bond acceptors (Lipinski definition) is 8. The number of phosphoric ester groups is 1. The van der Waals surface area contributed by atoms with Crippen molar-refractivity contribution in [2.45, 2.75) is 277 Å². The van der Waals surface area contributed by atoms with Gasteiger partial charge in [0.1, 0.15) is 19.8 Å². The molecule has 0 aliphatic heterocycles. The lowest BCUT2D eigenvalue weighted by molar-refractivity contribution is -0.870. The van der Waals surface area contributed by atoms with Gasteiger partial charge in [0.15, 0.2) is 6.10 Å². The van der Waals surface area contributed by atoms with Gasteiger partial charge in [-0.25, -0.2) is 0 Å². The molecule has 0 rings (SSSR count). The molecule has 10 heteroatoms. The van der Waals surface area contributed by atoms with Crippen LogP contribution in [0.3, 0.4) is 0 Å². The summed E-state index contributed by atoms with van der Waals surface area (Å²) < 4.78 is 34.3. The number of phosphoric acid groups is 1. The molecule has 0 aliphatic carbocycles. The smallest absolute Gasteiger partial charge is 0.306 e. The summed E-state index contributed by atoms with van der Waals surface area (Å²) >= 11 is 0. The van der Waals surface area contributed by atoms with E-state index in [1.165, 1.54) is 116 Å². The zero-order chi connectivity index (χ0) is 61.2. The van der Waals surface area contributed by atoms with Crippen LogP contribution in [0.2, 0.25) is 0 Å². The van der Waals surface area contributed by atoms with Gasteiger partial charge in [0, 0.05) is 12.8 Å². The molecule has 9 nitrogen and oxygen atoms in total. The number of allylic oxidation sites excluding steroid dienone is 22. The van der Waals surface area contributed by atoms with E-state index in [0.29, 0.717) is 23.9 Å². The van der Waals surface area contributed by atoms with E-state index in [9.17, 15) is 19.0 Å². The van der Waals surface area contributed by atoms with Gasteiger partial charge in [-0.3, -0.25) is 14.2 Å². The van der Waals surface area contributed by atoms with E-state index in [-0.39, 0.29) is 26.1 Å². The van der Waals surface area contributed by atoms with Gasteiger partial charge in [-0.05, 0) is 109 Å². The Hall–Kier alpha value is -3.85. The van der Waals surface area contributed by atoms with Crippen LogP contribution in [-0.4, -0.2) is 70.0 Å². The molecule has 0 aromatic heterocycles. The lowest BCUT2D eigenvalue weighted by Gasteiger charge is -2.28. The van der Waals surface area contributed by atoms with Crippen molar-refractivity contribution < 1.29 is 42.1 Å². The monoisotopic (exact) mass is 1190 g/mol. The maximum atomic E-state index is 12.9. The van der Waals surface area contributed by atoms with Gasteiger partial charge in [0.25, 0.3) is 7.82 Å². The van der Waals surface area contributed by atoms with Crippen LogP contribution in [0.1, 0.15) is 271 Å². The minimum Gasteiger partial charge on any atom is -0.756 e. The predicted molar refractivity (Wildman–Crippen MR) is 360 cm³/mol. The number of quaternary nitrogens is 1. The molecule has 84 heavy (non-hydrogen) atoms. The summed E-state index contributed by atoms with van der Waals surface area (Å²) in [5.41, 5.74) is 0. The molecule has 0 aliphatic rings. The third kappa shape index (κ3) is 67.3. The van der Waals surface area contributed by atoms with E-state index in [4.69, 9.17) is 18.5 Å². The Bertz CT molecular complexity index is 1880. The standard InChI is InChI=1S/C74H126NO8P/c1-6-8-10-12-14-16-18-20-22-24-26-28-30-31-32-33-34-35-36-37-38-39-40-41-42-43-45-47-49-51-53-55-57-59-61-63-65-67-74(77)83-72(71-82-84(78,79)81-69-68-75(3,4)5)70-80-73(76)66-64-62-60-58-56-54-52-50-48-46-44-29-27-25-23-21-19-17-15-13-11-9-7-2/h8-11,14-17,20-23,26-29,31-32,34-35,46,48,72H,6-7,12-13,18-19,24-25,30,33,36-45,47,49-71H2,1-5H3/b10-8-,11-9-,16-14-,17-15-,22-20-,23-21-,28-26-,29-27-,32-31-,35-34-,48-46-. The number of hydrogen-bond donors (Lipinski definition) is 0. The fourth-order valence-electron chi connectivity index (χ4n) is 9.04. The van der Waals surface area contributed by atoms with E-state index >= 15 is 0 Å². The first-order chi connectivity index (χ1) is 41.0. The lowest BCUT2D eigenvalue weighted by atomic mass is 10.0. The molecule has 0 aromatic carbocycles. The zero-order valence-electron chi connectivity index (χ0n) is 54.6. The Balaban J connectivity index is 4.06. The third-order valence-corrected chi connectivity index (χ3v) is 15.1. The van der Waals surface area contributed by atoms with E-state index in [2.05, 4.69) is 148 Å². The van der Waals surface area contributed by atoms with E-state index in [0.717, 1.165) is 116 Å². The molecular weight excluding hydrogens is 1060 g/mol. The molecule has 0 fully saturated rings. The Morgan fingerprint density at radius 1 is 0.369 bits per heavy atom. The van der Waals surface area contributed by atoms with Crippen LogP contribution in [-0.2, 0) is 32.7 Å². The van der Waals surface area contributed by atoms with Crippen LogP contribution in [0.15, 0.2) is 134 Å². The number of unbranched alkanes of at least 4 members (excludes halogenated alkanes) is 25. The Labute approximate surface area is 517 Å². The molecule has 0 aromatic rings. The number of likely N-dealkylation sites (N-methyl/N-ethyl adjacent to an activating group) is 1. The number of rotatable bonds is 61. The average molecular weight is 1190 g/mol. The molecule has 0 spiro atoms. The van der Waals surface area contributed by atoms with Crippen LogP contribution in [0.5, 0.6) is 0 Å². The fourth-order valence-corrected chi connectivity index (χ4v) is 9.77. The first kappa shape index (κ1) is 80.2. The van der Waals surface area contributed by atoms with Crippen molar-refractivity contribution >= 4 is 19.8 Å². The number of carbonyl (C=O) groups is 2. The minimum atomic E-state index is -4.65. The van der Waals surface area contributed by atoms with Gasteiger partial charge >= 0.3 is 11.9 Å². The van der Waals surface area contributed by atoms with Crippen molar-refractivity contribution in [2.24, 2.45) is 0 Å². The van der Waals surface area contributed by atoms with Crippen molar-refractivity contribution in [1.29, 1.82) is 0 Å². The Kier molecular flexibility index (Phi) is 60.7. The van der Waals surface area contributed by atoms with E-state index in [1.807, 2.05) is 21.1 Å². The summed E-state index contributed by atoms with van der Waals surface area (Å²) in [4.78, 5) is 38.0. The molecule has 2 unspecified atom stereocenters. The molecule has 0 N–H and O–H groups in total. The van der Waals surface area contributed by atoms with E-state index in [1.54, 1.807) is 0 Å². The largest absolute Gasteiger partial charge is 0.756 e. The van der Waals surface area contributed by atoms with Gasteiger partial charge in [-0.15, -0.1) is 0 Å². The summed E-state index contributed by atoms with van der Waals surface area (Å²) in [5, 5.41) is 0. The maximum Gasteiger partial charge on any atom is 0.306 e. The highest BCUT2D eigenvalue weighted by Crippen LogP contribution is 2.38. The topological polar surface area (TPSA) is 111 Å². The first-order valence-corrected chi connectivity index (χ1v) is 35.4. The fraction of sp³-hybridized carbons (Fsp3) is 0.676. The van der Waals surface area contributed by atoms with Crippen LogP contribution in [0.25, 0.3) is 0 Å². The Morgan fingerprint density at radius 3 is 0.952 bits per heavy atom. The molecule has 2 atom stereocenters. The quantitative estimate of drug-likeness (QED) is 0.0195. The summed E-state index contributed by atoms with van der Waals surface area (Å²) in [6, 6.07) is 0. The molecule has 0 saturated heterocycles. The summed E-state index contributed by atoms with van der Waals surface area (Å²) in [7, 11) is 1.15. The first-order valence-electron chi connectivity index (χ1n) is 33.9. The highest BCUT2D eigenvalue weighted by molar-refractivity contribution is 7.45. The molecule has 0 bridgehead atoms. The summed E-state index contributed by atoms with van der Waals surface area (Å²) in [6.07, 6.45) is 92.4. The van der Waals surface area contributed by atoms with Crippen LogP contribution in [0, 0.1) is 0 Å². The van der Waals surface area contributed by atoms with Crippen molar-refractivity contribution in [2.75, 3.05) is 47.5 Å². The SMILES string of the molecule is CC/C=C\C/C=C\C/C=C\C/C=C\C/C=C\C/C=C\CCCCCCCCCCCCCCCCCCCCC(=O)OC(COC(=O)CCCCCCCCC/C=C\C/C=C\C/C=C\C/C=C\C/C=C\CC)COP(=O)([O-])OCC[N+](C)(C)C. The second-order valence-corrected chi connectivity index (χ2v) is 24.8. The van der Waals surface area contributed by atoms with Gasteiger partial charge in [0.2, 0.25) is 0 Å². The van der Waals surface area contributed by atoms with Crippen molar-refractivity contribution in [3.63, 3.8) is 0 Å². The number of nitrogens with zero attached hydrogens (tertiary/aromatic N) is 1. The van der Waals surface area contributed by atoms with Crippen LogP contribution in [0.4, 0.5) is 0 Å². The highest BCUT2D eigenvalue weighted by Gasteiger charge is 2.22. The molecule has 0 radical (unpaired) electrons. The van der Waals surface area contributed by atoms with Gasteiger partial charge < -0.3 is 27.9 Å². The van der Waals surface area contributed by atoms with Crippen LogP contribution >= 0.6 is 7.82 Å². The number of ether oxygens (including phenoxy) is 2. The maximum absolute atomic E-state index is 12.9. The van der Waals surface area contributed by atoms with Crippen LogP contribution < -0.4 is 4.89 Å². The predicted octanol–water partition coefficient (Wildman–Crippen LogP) is 21.4. The normalized spacial score (nSPS) is 14.0. The van der Waals surface area contributed by atoms with Gasteiger partial charge in [-0.2, -0.15) is 0 Å². The molecule has 0 saturated carbocycles. The zero-order valence-corrected chi connectivity index (χ0v) is 55.4. The second-order valence-electron chi connectivity index (χ2n) is 23.4. The van der Waals surface area contributed by atoms with Crippen molar-refractivity contribution in [3.8, 4) is 0 Å².